The molecule has 3 aliphatic rings. The second-order valence-corrected chi connectivity index (χ2v) is 8.66. The first-order chi connectivity index (χ1) is 8.93. The predicted octanol–water partition coefficient (Wildman–Crippen LogP) is 0.306. The van der Waals surface area contributed by atoms with Gasteiger partial charge in [-0.15, -0.1) is 0 Å². The minimum absolute atomic E-state index is 0.0790. The summed E-state index contributed by atoms with van der Waals surface area (Å²) in [5.74, 6) is 1.06. The van der Waals surface area contributed by atoms with Crippen molar-refractivity contribution in [3.05, 3.63) is 0 Å². The van der Waals surface area contributed by atoms with Crippen molar-refractivity contribution in [2.24, 2.45) is 17.3 Å². The molecule has 5 nitrogen and oxygen atoms in total. The third-order valence-corrected chi connectivity index (χ3v) is 6.67. The average Bonchev–Trinajstić information content (AvgIpc) is 2.83. The number of hydrogen-bond acceptors (Lipinski definition) is 4. The lowest BCUT2D eigenvalue weighted by molar-refractivity contribution is -0.132. The lowest BCUT2D eigenvalue weighted by Crippen LogP contribution is -2.33. The van der Waals surface area contributed by atoms with Gasteiger partial charge in [0.25, 0.3) is 0 Å². The molecular formula is C13H21NO4S. The summed E-state index contributed by atoms with van der Waals surface area (Å²) in [5.41, 5.74) is 0.0790. The predicted molar refractivity (Wildman–Crippen MR) is 70.4 cm³/mol. The van der Waals surface area contributed by atoms with E-state index in [-0.39, 0.29) is 34.7 Å². The number of carbonyl (C=O) groups excluding carboxylic acids is 1. The van der Waals surface area contributed by atoms with Crippen molar-refractivity contribution < 1.29 is 17.9 Å². The molecule has 1 saturated carbocycles. The van der Waals surface area contributed by atoms with Crippen molar-refractivity contribution in [1.29, 1.82) is 0 Å². The molecule has 3 rings (SSSR count). The molecule has 1 amide bonds. The second kappa shape index (κ2) is 4.45. The smallest absolute Gasteiger partial charge is 0.223 e. The van der Waals surface area contributed by atoms with E-state index in [1.807, 2.05) is 4.90 Å². The van der Waals surface area contributed by atoms with Crippen LogP contribution in [0.15, 0.2) is 0 Å². The molecule has 19 heavy (non-hydrogen) atoms. The maximum absolute atomic E-state index is 12.3. The molecule has 0 aromatic rings. The average molecular weight is 287 g/mol. The maximum Gasteiger partial charge on any atom is 0.223 e. The van der Waals surface area contributed by atoms with Crippen LogP contribution in [0.2, 0.25) is 0 Å². The van der Waals surface area contributed by atoms with Crippen LogP contribution in [-0.4, -0.2) is 57.5 Å². The summed E-state index contributed by atoms with van der Waals surface area (Å²) in [6, 6.07) is 0. The van der Waals surface area contributed by atoms with Gasteiger partial charge in [0.15, 0.2) is 9.84 Å². The summed E-state index contributed by atoms with van der Waals surface area (Å²) < 4.78 is 28.2. The number of likely N-dealkylation sites (tertiary alicyclic amines) is 1. The maximum atomic E-state index is 12.3. The minimum atomic E-state index is -2.84. The van der Waals surface area contributed by atoms with Gasteiger partial charge in [-0.2, -0.15) is 0 Å². The number of ether oxygens (including phenoxy) is 1. The van der Waals surface area contributed by atoms with Crippen molar-refractivity contribution in [2.45, 2.75) is 19.3 Å². The first kappa shape index (κ1) is 13.4. The molecule has 2 aliphatic heterocycles. The van der Waals surface area contributed by atoms with Crippen LogP contribution in [-0.2, 0) is 19.4 Å². The van der Waals surface area contributed by atoms with Gasteiger partial charge in [-0.3, -0.25) is 4.79 Å². The van der Waals surface area contributed by atoms with Crippen molar-refractivity contribution in [1.82, 2.24) is 4.90 Å². The van der Waals surface area contributed by atoms with E-state index < -0.39 is 9.84 Å². The Kier molecular flexibility index (Phi) is 3.13. The van der Waals surface area contributed by atoms with Gasteiger partial charge in [-0.05, 0) is 24.7 Å². The highest BCUT2D eigenvalue weighted by atomic mass is 32.2. The number of sulfone groups is 1. The third kappa shape index (κ3) is 2.65. The fourth-order valence-electron chi connectivity index (χ4n) is 3.53. The van der Waals surface area contributed by atoms with E-state index in [0.717, 1.165) is 12.8 Å². The van der Waals surface area contributed by atoms with E-state index in [0.29, 0.717) is 26.1 Å². The van der Waals surface area contributed by atoms with Crippen molar-refractivity contribution in [2.75, 3.05) is 38.3 Å². The Hall–Kier alpha value is -0.620. The molecular weight excluding hydrogens is 266 g/mol. The zero-order chi connectivity index (χ0) is 13.7. The second-order valence-electron chi connectivity index (χ2n) is 6.51. The number of amides is 1. The Morgan fingerprint density at radius 2 is 1.84 bits per heavy atom. The fraction of sp³-hybridized carbons (Fsp3) is 0.923. The van der Waals surface area contributed by atoms with Crippen molar-refractivity contribution in [3.63, 3.8) is 0 Å². The van der Waals surface area contributed by atoms with Crippen molar-refractivity contribution in [3.8, 4) is 0 Å². The fourth-order valence-corrected chi connectivity index (χ4v) is 5.72. The van der Waals surface area contributed by atoms with Crippen LogP contribution < -0.4 is 0 Å². The lowest BCUT2D eigenvalue weighted by atomic mass is 10.0. The summed E-state index contributed by atoms with van der Waals surface area (Å²) in [4.78, 5) is 14.2. The molecule has 0 unspecified atom stereocenters. The van der Waals surface area contributed by atoms with E-state index in [2.05, 4.69) is 0 Å². The van der Waals surface area contributed by atoms with Crippen LogP contribution >= 0.6 is 0 Å². The number of rotatable bonds is 4. The van der Waals surface area contributed by atoms with Gasteiger partial charge in [-0.1, -0.05) is 0 Å². The first-order valence-corrected chi connectivity index (χ1v) is 8.72. The Morgan fingerprint density at radius 1 is 1.26 bits per heavy atom. The zero-order valence-corrected chi connectivity index (χ0v) is 12.1. The van der Waals surface area contributed by atoms with E-state index >= 15 is 0 Å². The molecule has 0 aromatic carbocycles. The minimum Gasteiger partial charge on any atom is -0.384 e. The quantitative estimate of drug-likeness (QED) is 0.746. The molecule has 2 saturated heterocycles. The first-order valence-electron chi connectivity index (χ1n) is 6.90. The number of nitrogens with zero attached hydrogens (tertiary/aromatic N) is 1. The van der Waals surface area contributed by atoms with Gasteiger partial charge in [0.2, 0.25) is 5.91 Å². The molecule has 0 spiro atoms. The normalized spacial score (nSPS) is 34.3. The highest BCUT2D eigenvalue weighted by molar-refractivity contribution is 7.91. The third-order valence-electron chi connectivity index (χ3n) is 4.80. The summed E-state index contributed by atoms with van der Waals surface area (Å²) in [5, 5.41) is 0. The van der Waals surface area contributed by atoms with Crippen LogP contribution in [0.4, 0.5) is 0 Å². The molecule has 2 heterocycles. The number of hydrogen-bond donors (Lipinski definition) is 0. The topological polar surface area (TPSA) is 63.7 Å². The molecule has 0 radical (unpaired) electrons. The molecule has 0 N–H and O–H groups in total. The summed E-state index contributed by atoms with van der Waals surface area (Å²) in [7, 11) is -1.17. The lowest BCUT2D eigenvalue weighted by Gasteiger charge is -2.21. The van der Waals surface area contributed by atoms with Gasteiger partial charge >= 0.3 is 0 Å². The molecule has 0 aromatic heterocycles. The van der Waals surface area contributed by atoms with Gasteiger partial charge in [0, 0.05) is 32.0 Å². The van der Waals surface area contributed by atoms with E-state index in [4.69, 9.17) is 4.74 Å². The number of methoxy groups -OCH3 is 1. The molecule has 3 fully saturated rings. The Bertz CT molecular complexity index is 463. The molecule has 2 atom stereocenters. The molecule has 108 valence electrons. The van der Waals surface area contributed by atoms with E-state index in [1.165, 1.54) is 0 Å². The van der Waals surface area contributed by atoms with Gasteiger partial charge in [0.05, 0.1) is 18.1 Å². The number of carbonyl (C=O) groups is 1. The van der Waals surface area contributed by atoms with Crippen molar-refractivity contribution >= 4 is 15.7 Å². The molecule has 1 aliphatic carbocycles. The van der Waals surface area contributed by atoms with Gasteiger partial charge < -0.3 is 9.64 Å². The summed E-state index contributed by atoms with van der Waals surface area (Å²) in [6.07, 6.45) is 2.70. The van der Waals surface area contributed by atoms with E-state index in [1.54, 1.807) is 7.11 Å². The Balaban J connectivity index is 1.57. The largest absolute Gasteiger partial charge is 0.384 e. The SMILES string of the molecule is COCC1(CC(=O)N2C[C@@H]3CS(=O)(=O)C[C@@H]3C2)CC1. The highest BCUT2D eigenvalue weighted by Gasteiger charge is 2.48. The van der Waals surface area contributed by atoms with Gasteiger partial charge in [-0.25, -0.2) is 8.42 Å². The van der Waals surface area contributed by atoms with E-state index in [9.17, 15) is 13.2 Å². The zero-order valence-electron chi connectivity index (χ0n) is 11.3. The molecule has 0 bridgehead atoms. The number of fused-ring (bicyclic) bond motifs is 1. The monoisotopic (exact) mass is 287 g/mol. The molecule has 6 heteroatoms. The summed E-state index contributed by atoms with van der Waals surface area (Å²) >= 11 is 0. The standard InChI is InChI=1S/C13H21NO4S/c1-18-9-13(2-3-13)4-12(15)14-5-10-7-19(16,17)8-11(10)6-14/h10-11H,2-9H2,1H3/t10-,11+. The highest BCUT2D eigenvalue weighted by Crippen LogP contribution is 2.49. The Labute approximate surface area is 114 Å². The Morgan fingerprint density at radius 3 is 2.32 bits per heavy atom. The van der Waals surface area contributed by atoms with Crippen LogP contribution in [0, 0.1) is 17.3 Å². The van der Waals surface area contributed by atoms with Crippen LogP contribution in [0.3, 0.4) is 0 Å². The summed E-state index contributed by atoms with van der Waals surface area (Å²) in [6.45, 7) is 1.92. The van der Waals surface area contributed by atoms with Crippen LogP contribution in [0.5, 0.6) is 0 Å². The van der Waals surface area contributed by atoms with Gasteiger partial charge in [0.1, 0.15) is 0 Å². The van der Waals surface area contributed by atoms with Crippen LogP contribution in [0.1, 0.15) is 19.3 Å². The van der Waals surface area contributed by atoms with Crippen LogP contribution in [0.25, 0.3) is 0 Å².